The maximum Gasteiger partial charge on any atom is 0.573 e. The molecule has 0 amide bonds. The zero-order valence-corrected chi connectivity index (χ0v) is 21.4. The Morgan fingerprint density at radius 3 is 2.48 bits per heavy atom. The van der Waals surface area contributed by atoms with Crippen LogP contribution in [0.5, 0.6) is 5.75 Å². The molecule has 1 fully saturated rings. The lowest BCUT2D eigenvalue weighted by Gasteiger charge is -2.39. The van der Waals surface area contributed by atoms with Crippen molar-refractivity contribution in [3.63, 3.8) is 0 Å². The van der Waals surface area contributed by atoms with E-state index in [-0.39, 0.29) is 33.5 Å². The molecule has 0 bridgehead atoms. The highest BCUT2D eigenvalue weighted by atomic mass is 32.3. The lowest BCUT2D eigenvalue weighted by molar-refractivity contribution is -0.274. The average Bonchev–Trinajstić information content (AvgIpc) is 3.25. The van der Waals surface area contributed by atoms with Crippen LogP contribution in [-0.4, -0.2) is 49.4 Å². The summed E-state index contributed by atoms with van der Waals surface area (Å²) in [5, 5.41) is 10.0. The number of likely N-dealkylation sites (N-methyl/N-ethyl adjacent to an activating group) is 1. The van der Waals surface area contributed by atoms with Crippen molar-refractivity contribution in [1.82, 2.24) is 14.5 Å². The molecule has 8 nitrogen and oxygen atoms in total. The molecule has 1 aliphatic heterocycles. The Kier molecular flexibility index (Phi) is 5.69. The van der Waals surface area contributed by atoms with Gasteiger partial charge in [0.25, 0.3) is 0 Å². The van der Waals surface area contributed by atoms with Gasteiger partial charge < -0.3 is 19.2 Å². The van der Waals surface area contributed by atoms with Crippen LogP contribution in [0, 0.1) is 11.3 Å². The van der Waals surface area contributed by atoms with Crippen LogP contribution in [0.3, 0.4) is 0 Å². The number of aromatic nitrogens is 2. The molecule has 0 atom stereocenters. The van der Waals surface area contributed by atoms with Gasteiger partial charge in [0.15, 0.2) is 5.43 Å². The zero-order chi connectivity index (χ0) is 28.6. The van der Waals surface area contributed by atoms with Crippen LogP contribution in [0.2, 0.25) is 0 Å². The number of benzene rings is 3. The maximum absolute atomic E-state index is 13.8. The Hall–Kier alpha value is -4.41. The molecule has 0 unspecified atom stereocenters. The smallest absolute Gasteiger partial charge is 0.405 e. The highest BCUT2D eigenvalue weighted by Gasteiger charge is 2.34. The van der Waals surface area contributed by atoms with Crippen LogP contribution in [0.4, 0.5) is 17.1 Å². The summed E-state index contributed by atoms with van der Waals surface area (Å²) in [6.45, 7) is 1.16. The number of fused-ring (bicyclic) bond motifs is 4. The third kappa shape index (κ3) is 4.25. The number of pyridine rings is 1. The van der Waals surface area contributed by atoms with Crippen molar-refractivity contribution in [2.75, 3.05) is 20.1 Å². The number of likely N-dealkylation sites (tertiary alicyclic amines) is 1. The number of halogens is 4. The molecule has 1 saturated heterocycles. The average molecular weight is 571 g/mol. The van der Waals surface area contributed by atoms with Crippen molar-refractivity contribution < 1.29 is 30.2 Å². The third-order valence-corrected chi connectivity index (χ3v) is 7.86. The van der Waals surface area contributed by atoms with E-state index in [1.54, 1.807) is 18.2 Å². The van der Waals surface area contributed by atoms with Gasteiger partial charge in [-0.15, -0.1) is 17.1 Å². The SMILES string of the molecule is CN1CC(n2c3cc(-c4cccc(S(=O)(=O)F)c4)c(OC(F)(F)F)cc3c(=O)c3c4ccc(C#N)cc4[nH]c32)C1. The van der Waals surface area contributed by atoms with E-state index >= 15 is 0 Å². The molecule has 0 saturated carbocycles. The van der Waals surface area contributed by atoms with Crippen molar-refractivity contribution in [1.29, 1.82) is 5.26 Å². The number of hydrogen-bond acceptors (Lipinski definition) is 6. The first-order chi connectivity index (χ1) is 18.8. The van der Waals surface area contributed by atoms with Gasteiger partial charge in [0.05, 0.1) is 38.9 Å². The van der Waals surface area contributed by atoms with Gasteiger partial charge in [-0.3, -0.25) is 4.79 Å². The fourth-order valence-corrected chi connectivity index (χ4v) is 5.84. The Morgan fingerprint density at radius 1 is 1.07 bits per heavy atom. The molecule has 0 radical (unpaired) electrons. The monoisotopic (exact) mass is 570 g/mol. The highest BCUT2D eigenvalue weighted by molar-refractivity contribution is 7.86. The molecule has 5 aromatic rings. The second-order valence-electron chi connectivity index (χ2n) is 9.67. The van der Waals surface area contributed by atoms with Crippen molar-refractivity contribution in [3.05, 3.63) is 70.4 Å². The lowest BCUT2D eigenvalue weighted by atomic mass is 9.99. The molecule has 2 aromatic heterocycles. The minimum atomic E-state index is -5.15. The first-order valence-corrected chi connectivity index (χ1v) is 13.3. The van der Waals surface area contributed by atoms with E-state index in [0.29, 0.717) is 35.2 Å². The molecular formula is C27H18F4N4O4S. The summed E-state index contributed by atoms with van der Waals surface area (Å²) in [6.07, 6.45) is -5.14. The summed E-state index contributed by atoms with van der Waals surface area (Å²) >= 11 is 0. The zero-order valence-electron chi connectivity index (χ0n) is 20.6. The fourth-order valence-electron chi connectivity index (χ4n) is 5.33. The number of ether oxygens (including phenoxy) is 1. The first-order valence-electron chi connectivity index (χ1n) is 11.9. The maximum atomic E-state index is 13.8. The molecule has 13 heteroatoms. The van der Waals surface area contributed by atoms with E-state index in [2.05, 4.69) is 9.72 Å². The highest BCUT2D eigenvalue weighted by Crippen LogP contribution is 2.40. The topological polar surface area (TPSA) is 108 Å². The molecule has 40 heavy (non-hydrogen) atoms. The summed E-state index contributed by atoms with van der Waals surface area (Å²) in [4.78, 5) is 18.3. The predicted molar refractivity (Wildman–Crippen MR) is 139 cm³/mol. The van der Waals surface area contributed by atoms with Crippen molar-refractivity contribution in [2.45, 2.75) is 17.3 Å². The van der Waals surface area contributed by atoms with E-state index < -0.39 is 32.7 Å². The molecular weight excluding hydrogens is 552 g/mol. The fraction of sp³-hybridized carbons (Fsp3) is 0.185. The van der Waals surface area contributed by atoms with Gasteiger partial charge in [-0.25, -0.2) is 0 Å². The van der Waals surface area contributed by atoms with Crippen LogP contribution in [0.1, 0.15) is 11.6 Å². The van der Waals surface area contributed by atoms with E-state index in [4.69, 9.17) is 0 Å². The van der Waals surface area contributed by atoms with Crippen molar-refractivity contribution in [2.24, 2.45) is 0 Å². The van der Waals surface area contributed by atoms with E-state index in [1.165, 1.54) is 18.2 Å². The number of rotatable bonds is 4. The van der Waals surface area contributed by atoms with Crippen LogP contribution in [0.15, 0.2) is 64.3 Å². The van der Waals surface area contributed by atoms with Gasteiger partial charge in [-0.05, 0) is 49.0 Å². The molecule has 0 aliphatic carbocycles. The first kappa shape index (κ1) is 25.8. The molecule has 1 aliphatic rings. The lowest BCUT2D eigenvalue weighted by Crippen LogP contribution is -2.45. The quantitative estimate of drug-likeness (QED) is 0.235. The van der Waals surface area contributed by atoms with E-state index in [9.17, 15) is 35.5 Å². The van der Waals surface area contributed by atoms with Gasteiger partial charge in [0.2, 0.25) is 0 Å². The Morgan fingerprint density at radius 2 is 1.82 bits per heavy atom. The number of nitriles is 1. The van der Waals surface area contributed by atoms with Gasteiger partial charge >= 0.3 is 16.6 Å². The predicted octanol–water partition coefficient (Wildman–Crippen LogP) is 5.22. The van der Waals surface area contributed by atoms with Crippen LogP contribution in [-0.2, 0) is 10.2 Å². The number of hydrogen-bond donors (Lipinski definition) is 1. The van der Waals surface area contributed by atoms with Crippen molar-refractivity contribution >= 4 is 43.1 Å². The van der Waals surface area contributed by atoms with Crippen LogP contribution >= 0.6 is 0 Å². The summed E-state index contributed by atoms with van der Waals surface area (Å²) < 4.78 is 83.5. The molecule has 6 rings (SSSR count). The standard InChI is InChI=1S/C27H18F4N4O4S/c1-34-12-16(13-34)35-22-9-19(15-3-2-4-17(8-15)40(31,37)38)23(39-27(28,29)30)10-20(22)25(36)24-18-6-5-14(11-32)7-21(18)33-26(24)35/h2-10,16,33H,12-13H2,1H3. The normalized spacial score (nSPS) is 15.0. The molecule has 204 valence electrons. The van der Waals surface area contributed by atoms with Crippen molar-refractivity contribution in [3.8, 4) is 22.9 Å². The molecule has 3 aromatic carbocycles. The second kappa shape index (κ2) is 8.80. The summed E-state index contributed by atoms with van der Waals surface area (Å²) in [7, 11) is -3.26. The summed E-state index contributed by atoms with van der Waals surface area (Å²) in [5.41, 5.74) is 0.784. The Balaban J connectivity index is 1.75. The molecule has 0 spiro atoms. The van der Waals surface area contributed by atoms with Gasteiger partial charge in [0, 0.05) is 29.6 Å². The second-order valence-corrected chi connectivity index (χ2v) is 11.0. The third-order valence-electron chi connectivity index (χ3n) is 7.04. The minimum absolute atomic E-state index is 0.0513. The van der Waals surface area contributed by atoms with Crippen LogP contribution < -0.4 is 10.2 Å². The summed E-state index contributed by atoms with van der Waals surface area (Å²) in [6, 6.07) is 13.3. The number of nitrogens with one attached hydrogen (secondary N) is 1. The van der Waals surface area contributed by atoms with Gasteiger partial charge in [-0.1, -0.05) is 18.2 Å². The minimum Gasteiger partial charge on any atom is -0.405 e. The molecule has 3 heterocycles. The number of alkyl halides is 3. The Labute approximate surface area is 223 Å². The van der Waals surface area contributed by atoms with E-state index in [1.807, 2.05) is 22.6 Å². The van der Waals surface area contributed by atoms with Crippen LogP contribution in [0.25, 0.3) is 44.0 Å². The number of nitrogens with zero attached hydrogens (tertiary/aromatic N) is 3. The number of aromatic amines is 1. The molecule has 1 N–H and O–H groups in total. The van der Waals surface area contributed by atoms with Gasteiger partial charge in [0.1, 0.15) is 11.4 Å². The number of H-pyrrole nitrogens is 1. The largest absolute Gasteiger partial charge is 0.573 e. The van der Waals surface area contributed by atoms with Gasteiger partial charge in [-0.2, -0.15) is 13.7 Å². The summed E-state index contributed by atoms with van der Waals surface area (Å²) in [5.74, 6) is -0.742. The Bertz CT molecular complexity index is 2070. The van der Waals surface area contributed by atoms with E-state index in [0.717, 1.165) is 18.2 Å².